The predicted molar refractivity (Wildman–Crippen MR) is 109 cm³/mol. The van der Waals surface area contributed by atoms with Gasteiger partial charge >= 0.3 is 0 Å². The Kier molecular flexibility index (Phi) is 8.82. The first kappa shape index (κ1) is 23.1. The first-order chi connectivity index (χ1) is 13.5. The number of benzene rings is 2. The van der Waals surface area contributed by atoms with Crippen LogP contribution in [0.25, 0.3) is 0 Å². The SMILES string of the molecule is Cl.O=C(CNCC(F)(F)c1cccc(OCc2ccccc2)c1)N1CCOCC1. The van der Waals surface area contributed by atoms with E-state index in [1.807, 2.05) is 30.3 Å². The van der Waals surface area contributed by atoms with Crippen molar-refractivity contribution in [1.82, 2.24) is 10.2 Å². The normalized spacial score (nSPS) is 14.2. The second-order valence-electron chi connectivity index (χ2n) is 6.60. The molecule has 29 heavy (non-hydrogen) atoms. The van der Waals surface area contributed by atoms with Crippen LogP contribution in [0.15, 0.2) is 54.6 Å². The number of carbonyl (C=O) groups is 1. The minimum absolute atomic E-state index is 0. The van der Waals surface area contributed by atoms with Gasteiger partial charge in [0.15, 0.2) is 0 Å². The molecule has 0 aromatic heterocycles. The van der Waals surface area contributed by atoms with Gasteiger partial charge in [-0.25, -0.2) is 0 Å². The Bertz CT molecular complexity index is 772. The highest BCUT2D eigenvalue weighted by Gasteiger charge is 2.32. The maximum absolute atomic E-state index is 14.5. The lowest BCUT2D eigenvalue weighted by molar-refractivity contribution is -0.134. The number of hydrogen-bond acceptors (Lipinski definition) is 4. The van der Waals surface area contributed by atoms with Crippen molar-refractivity contribution in [2.75, 3.05) is 39.4 Å². The molecule has 8 heteroatoms. The zero-order chi connectivity index (χ0) is 19.8. The quantitative estimate of drug-likeness (QED) is 0.704. The minimum atomic E-state index is -3.11. The van der Waals surface area contributed by atoms with Gasteiger partial charge in [-0.05, 0) is 17.7 Å². The number of halogens is 3. The molecule has 1 amide bonds. The van der Waals surface area contributed by atoms with E-state index in [0.29, 0.717) is 38.7 Å². The lowest BCUT2D eigenvalue weighted by atomic mass is 10.1. The lowest BCUT2D eigenvalue weighted by Gasteiger charge is -2.27. The van der Waals surface area contributed by atoms with E-state index in [9.17, 15) is 13.6 Å². The van der Waals surface area contributed by atoms with Gasteiger partial charge in [0.25, 0.3) is 5.92 Å². The maximum Gasteiger partial charge on any atom is 0.285 e. The fraction of sp³-hybridized carbons (Fsp3) is 0.381. The van der Waals surface area contributed by atoms with E-state index in [4.69, 9.17) is 9.47 Å². The van der Waals surface area contributed by atoms with Crippen LogP contribution in [-0.4, -0.2) is 50.2 Å². The molecule has 1 aliphatic heterocycles. The van der Waals surface area contributed by atoms with Gasteiger partial charge in [-0.2, -0.15) is 8.78 Å². The van der Waals surface area contributed by atoms with Gasteiger partial charge < -0.3 is 19.7 Å². The molecule has 2 aromatic rings. The number of alkyl halides is 2. The van der Waals surface area contributed by atoms with Crippen LogP contribution in [-0.2, 0) is 22.1 Å². The molecule has 1 fully saturated rings. The van der Waals surface area contributed by atoms with Gasteiger partial charge in [-0.3, -0.25) is 4.79 Å². The van der Waals surface area contributed by atoms with Crippen molar-refractivity contribution < 1.29 is 23.0 Å². The van der Waals surface area contributed by atoms with Crippen molar-refractivity contribution in [3.8, 4) is 5.75 Å². The summed E-state index contributed by atoms with van der Waals surface area (Å²) >= 11 is 0. The number of nitrogens with one attached hydrogen (secondary N) is 1. The summed E-state index contributed by atoms with van der Waals surface area (Å²) in [5, 5.41) is 2.58. The largest absolute Gasteiger partial charge is 0.489 e. The molecule has 5 nitrogen and oxygen atoms in total. The van der Waals surface area contributed by atoms with E-state index in [-0.39, 0.29) is 30.4 Å². The number of morpholine rings is 1. The maximum atomic E-state index is 14.5. The molecule has 0 atom stereocenters. The predicted octanol–water partition coefficient (Wildman–Crippen LogP) is 3.23. The fourth-order valence-electron chi connectivity index (χ4n) is 2.91. The topological polar surface area (TPSA) is 50.8 Å². The van der Waals surface area contributed by atoms with Gasteiger partial charge in [0, 0.05) is 18.7 Å². The van der Waals surface area contributed by atoms with E-state index < -0.39 is 12.5 Å². The average Bonchev–Trinajstić information content (AvgIpc) is 2.74. The van der Waals surface area contributed by atoms with Gasteiger partial charge in [0.2, 0.25) is 5.91 Å². The molecular formula is C21H25ClF2N2O3. The lowest BCUT2D eigenvalue weighted by Crippen LogP contribution is -2.46. The summed E-state index contributed by atoms with van der Waals surface area (Å²) in [7, 11) is 0. The van der Waals surface area contributed by atoms with E-state index in [2.05, 4.69) is 5.32 Å². The Morgan fingerprint density at radius 2 is 1.83 bits per heavy atom. The number of ether oxygens (including phenoxy) is 2. The second kappa shape index (κ2) is 11.1. The third-order valence-corrected chi connectivity index (χ3v) is 4.49. The van der Waals surface area contributed by atoms with Gasteiger partial charge in [-0.1, -0.05) is 42.5 Å². The highest BCUT2D eigenvalue weighted by molar-refractivity contribution is 5.85. The first-order valence-electron chi connectivity index (χ1n) is 9.26. The van der Waals surface area contributed by atoms with Crippen LogP contribution in [0.4, 0.5) is 8.78 Å². The standard InChI is InChI=1S/C21H24F2N2O3.ClH/c22-21(23,16-24-14-20(26)25-9-11-27-12-10-25)18-7-4-8-19(13-18)28-15-17-5-2-1-3-6-17;/h1-8,13,24H,9-12,14-16H2;1H. The molecule has 1 N–H and O–H groups in total. The summed E-state index contributed by atoms with van der Waals surface area (Å²) in [6, 6.07) is 15.4. The van der Waals surface area contributed by atoms with Crippen molar-refractivity contribution in [3.63, 3.8) is 0 Å². The average molecular weight is 427 g/mol. The number of amides is 1. The van der Waals surface area contributed by atoms with Crippen LogP contribution >= 0.6 is 12.4 Å². The molecule has 3 rings (SSSR count). The highest BCUT2D eigenvalue weighted by atomic mass is 35.5. The van der Waals surface area contributed by atoms with Gasteiger partial charge in [0.05, 0.1) is 26.3 Å². The monoisotopic (exact) mass is 426 g/mol. The Labute approximate surface area is 175 Å². The van der Waals surface area contributed by atoms with Gasteiger partial charge in [0.1, 0.15) is 12.4 Å². The molecule has 1 heterocycles. The van der Waals surface area contributed by atoms with E-state index >= 15 is 0 Å². The Morgan fingerprint density at radius 3 is 2.55 bits per heavy atom. The van der Waals surface area contributed by atoms with E-state index in [1.54, 1.807) is 17.0 Å². The minimum Gasteiger partial charge on any atom is -0.489 e. The van der Waals surface area contributed by atoms with Crippen molar-refractivity contribution in [2.45, 2.75) is 12.5 Å². The third-order valence-electron chi connectivity index (χ3n) is 4.49. The van der Waals surface area contributed by atoms with Crippen LogP contribution in [0.2, 0.25) is 0 Å². The third kappa shape index (κ3) is 6.96. The first-order valence-corrected chi connectivity index (χ1v) is 9.26. The molecule has 0 radical (unpaired) electrons. The van der Waals surface area contributed by atoms with Crippen molar-refractivity contribution in [1.29, 1.82) is 0 Å². The van der Waals surface area contributed by atoms with Crippen LogP contribution in [0.5, 0.6) is 5.75 Å². The molecule has 1 saturated heterocycles. The second-order valence-corrected chi connectivity index (χ2v) is 6.60. The molecule has 0 unspecified atom stereocenters. The molecular weight excluding hydrogens is 402 g/mol. The molecule has 0 bridgehead atoms. The summed E-state index contributed by atoms with van der Waals surface area (Å²) in [6.45, 7) is 1.53. The fourth-order valence-corrected chi connectivity index (χ4v) is 2.91. The van der Waals surface area contributed by atoms with E-state index in [1.165, 1.54) is 12.1 Å². The summed E-state index contributed by atoms with van der Waals surface area (Å²) in [5.41, 5.74) is 0.812. The number of carbonyl (C=O) groups excluding carboxylic acids is 1. The highest BCUT2D eigenvalue weighted by Crippen LogP contribution is 2.30. The van der Waals surface area contributed by atoms with E-state index in [0.717, 1.165) is 5.56 Å². The number of nitrogens with zero attached hydrogens (tertiary/aromatic N) is 1. The molecule has 0 saturated carbocycles. The molecule has 0 spiro atoms. The van der Waals surface area contributed by atoms with Crippen LogP contribution < -0.4 is 10.1 Å². The summed E-state index contributed by atoms with van der Waals surface area (Å²) in [6.07, 6.45) is 0. The Hall–Kier alpha value is -2.22. The molecule has 2 aromatic carbocycles. The zero-order valence-electron chi connectivity index (χ0n) is 16.0. The zero-order valence-corrected chi connectivity index (χ0v) is 16.8. The Morgan fingerprint density at radius 1 is 1.10 bits per heavy atom. The van der Waals surface area contributed by atoms with Crippen molar-refractivity contribution >= 4 is 18.3 Å². The number of rotatable bonds is 8. The molecule has 0 aliphatic carbocycles. The Balaban J connectivity index is 0.00000300. The molecule has 158 valence electrons. The van der Waals surface area contributed by atoms with Crippen LogP contribution in [0.3, 0.4) is 0 Å². The van der Waals surface area contributed by atoms with Gasteiger partial charge in [-0.15, -0.1) is 12.4 Å². The summed E-state index contributed by atoms with van der Waals surface area (Å²) in [4.78, 5) is 13.7. The number of hydrogen-bond donors (Lipinski definition) is 1. The smallest absolute Gasteiger partial charge is 0.285 e. The molecule has 1 aliphatic rings. The van der Waals surface area contributed by atoms with Crippen LogP contribution in [0.1, 0.15) is 11.1 Å². The van der Waals surface area contributed by atoms with Crippen LogP contribution in [0, 0.1) is 0 Å². The summed E-state index contributed by atoms with van der Waals surface area (Å²) < 4.78 is 39.9. The van der Waals surface area contributed by atoms with Crippen molar-refractivity contribution in [3.05, 3.63) is 65.7 Å². The summed E-state index contributed by atoms with van der Waals surface area (Å²) in [5.74, 6) is -2.93. The van der Waals surface area contributed by atoms with Crippen molar-refractivity contribution in [2.24, 2.45) is 0 Å².